The summed E-state index contributed by atoms with van der Waals surface area (Å²) >= 11 is 0. The van der Waals surface area contributed by atoms with Gasteiger partial charge < -0.3 is 23.7 Å². The summed E-state index contributed by atoms with van der Waals surface area (Å²) in [5, 5.41) is 11.9. The van der Waals surface area contributed by atoms with Gasteiger partial charge in [0.15, 0.2) is 0 Å². The molecule has 0 N–H and O–H groups in total. The molecule has 1 aliphatic rings. The van der Waals surface area contributed by atoms with E-state index in [0.29, 0.717) is 68.0 Å². The van der Waals surface area contributed by atoms with Gasteiger partial charge in [-0.1, -0.05) is 36.4 Å². The van der Waals surface area contributed by atoms with Crippen LogP contribution in [0.4, 0.5) is 5.69 Å². The second kappa shape index (κ2) is 12.8. The van der Waals surface area contributed by atoms with Crippen LogP contribution in [0.15, 0.2) is 60.7 Å². The number of nitrogens with zero attached hydrogens (tertiary/aromatic N) is 1. The second-order valence-electron chi connectivity index (χ2n) is 8.43. The quantitative estimate of drug-likeness (QED) is 0.216. The summed E-state index contributed by atoms with van der Waals surface area (Å²) in [5.74, 6) is 1.03. The van der Waals surface area contributed by atoms with E-state index >= 15 is 0 Å². The number of fused-ring (bicyclic) bond motifs is 4. The largest absolute Gasteiger partial charge is 0.491 e. The van der Waals surface area contributed by atoms with Crippen LogP contribution in [0.1, 0.15) is 29.2 Å². The number of carbonyl (C=O) groups excluding carboxylic acids is 1. The fourth-order valence-corrected chi connectivity index (χ4v) is 4.11. The highest BCUT2D eigenvalue weighted by Gasteiger charge is 2.22. The topological polar surface area (TPSA) is 106 Å². The summed E-state index contributed by atoms with van der Waals surface area (Å²) in [6, 6.07) is 17.8. The molecular formula is C28H29NO8. The minimum Gasteiger partial charge on any atom is -0.491 e. The fraction of sp³-hybridized carbons (Fsp3) is 0.321. The van der Waals surface area contributed by atoms with Crippen molar-refractivity contribution in [1.29, 1.82) is 0 Å². The van der Waals surface area contributed by atoms with Crippen molar-refractivity contribution in [3.63, 3.8) is 0 Å². The molecule has 0 unspecified atom stereocenters. The third-order valence-electron chi connectivity index (χ3n) is 5.73. The van der Waals surface area contributed by atoms with Gasteiger partial charge in [0.25, 0.3) is 5.69 Å². The molecule has 194 valence electrons. The molecule has 3 aromatic carbocycles. The minimum absolute atomic E-state index is 0.0922. The lowest BCUT2D eigenvalue weighted by Gasteiger charge is -2.17. The number of hydrogen-bond donors (Lipinski definition) is 0. The Morgan fingerprint density at radius 3 is 1.68 bits per heavy atom. The third kappa shape index (κ3) is 7.28. The van der Waals surface area contributed by atoms with E-state index in [4.69, 9.17) is 23.7 Å². The van der Waals surface area contributed by atoms with Crippen LogP contribution in [0.25, 0.3) is 0 Å². The lowest BCUT2D eigenvalue weighted by molar-refractivity contribution is -0.385. The zero-order valence-electron chi connectivity index (χ0n) is 20.6. The van der Waals surface area contributed by atoms with E-state index in [1.165, 1.54) is 19.1 Å². The fourth-order valence-electron chi connectivity index (χ4n) is 4.11. The molecule has 0 aromatic heterocycles. The van der Waals surface area contributed by atoms with Crippen molar-refractivity contribution in [2.75, 3.05) is 39.6 Å². The Balaban J connectivity index is 1.80. The first-order valence-electron chi connectivity index (χ1n) is 12.1. The van der Waals surface area contributed by atoms with E-state index in [1.807, 2.05) is 48.5 Å². The van der Waals surface area contributed by atoms with E-state index in [1.54, 1.807) is 0 Å². The van der Waals surface area contributed by atoms with Crippen molar-refractivity contribution >= 4 is 11.7 Å². The van der Waals surface area contributed by atoms with E-state index in [0.717, 1.165) is 11.1 Å². The number of nitro benzene ring substituents is 1. The second-order valence-corrected chi connectivity index (χ2v) is 8.43. The number of nitro groups is 1. The normalized spacial score (nSPS) is 14.8. The van der Waals surface area contributed by atoms with Crippen LogP contribution in [-0.2, 0) is 27.1 Å². The highest BCUT2D eigenvalue weighted by molar-refractivity contribution is 5.71. The van der Waals surface area contributed by atoms with Gasteiger partial charge in [0.1, 0.15) is 30.5 Å². The maximum Gasteiger partial charge on any atom is 0.308 e. The maximum atomic E-state index is 12.1. The highest BCUT2D eigenvalue weighted by atomic mass is 16.6. The van der Waals surface area contributed by atoms with Gasteiger partial charge in [-0.15, -0.1) is 0 Å². The SMILES string of the molecule is CC(=O)Oc1c2cc([N+](=O)[O-])cc1Cc1ccccc1OCCOCCOCCOc1ccccc1C2. The molecule has 0 aliphatic carbocycles. The molecule has 9 heteroatoms. The van der Waals surface area contributed by atoms with E-state index in [2.05, 4.69) is 0 Å². The predicted molar refractivity (Wildman–Crippen MR) is 136 cm³/mol. The minimum atomic E-state index is -0.516. The Labute approximate surface area is 215 Å². The van der Waals surface area contributed by atoms with Gasteiger partial charge in [-0.05, 0) is 23.3 Å². The van der Waals surface area contributed by atoms with Gasteiger partial charge >= 0.3 is 5.97 Å². The van der Waals surface area contributed by atoms with Gasteiger partial charge in [0, 0.05) is 43.0 Å². The summed E-state index contributed by atoms with van der Waals surface area (Å²) in [7, 11) is 0. The molecule has 9 nitrogen and oxygen atoms in total. The van der Waals surface area contributed by atoms with Crippen LogP contribution in [0.5, 0.6) is 17.2 Å². The summed E-state index contributed by atoms with van der Waals surface area (Å²) < 4.78 is 28.7. The Bertz CT molecular complexity index is 1160. The Morgan fingerprint density at radius 1 is 0.757 bits per heavy atom. The van der Waals surface area contributed by atoms with Gasteiger partial charge in [0.05, 0.1) is 31.4 Å². The molecule has 0 spiro atoms. The molecule has 0 atom stereocenters. The lowest BCUT2D eigenvalue weighted by Crippen LogP contribution is -2.14. The Morgan fingerprint density at radius 2 is 1.22 bits per heavy atom. The molecule has 1 heterocycles. The summed E-state index contributed by atoms with van der Waals surface area (Å²) in [6.45, 7) is 3.58. The zero-order chi connectivity index (χ0) is 26.0. The smallest absolute Gasteiger partial charge is 0.308 e. The van der Waals surface area contributed by atoms with Crippen LogP contribution in [0.3, 0.4) is 0 Å². The summed E-state index contributed by atoms with van der Waals surface area (Å²) in [6.07, 6.45) is 0.528. The zero-order valence-corrected chi connectivity index (χ0v) is 20.6. The van der Waals surface area contributed by atoms with Gasteiger partial charge in [-0.25, -0.2) is 0 Å². The van der Waals surface area contributed by atoms with Crippen LogP contribution >= 0.6 is 0 Å². The molecule has 0 amide bonds. The van der Waals surface area contributed by atoms with Gasteiger partial charge in [-0.2, -0.15) is 0 Å². The lowest BCUT2D eigenvalue weighted by atomic mass is 9.96. The Hall–Kier alpha value is -3.95. The molecule has 0 saturated heterocycles. The number of ether oxygens (including phenoxy) is 5. The number of non-ortho nitro benzene ring substituents is 1. The first-order valence-corrected chi connectivity index (χ1v) is 12.1. The molecule has 2 bridgehead atoms. The average molecular weight is 508 g/mol. The Kier molecular flexibility index (Phi) is 9.07. The van der Waals surface area contributed by atoms with Crippen molar-refractivity contribution < 1.29 is 33.4 Å². The van der Waals surface area contributed by atoms with Crippen LogP contribution in [-0.4, -0.2) is 50.5 Å². The first kappa shape index (κ1) is 26.1. The average Bonchev–Trinajstić information content (AvgIpc) is 2.87. The van der Waals surface area contributed by atoms with Crippen molar-refractivity contribution in [2.45, 2.75) is 19.8 Å². The van der Waals surface area contributed by atoms with Gasteiger partial charge in [-0.3, -0.25) is 14.9 Å². The summed E-state index contributed by atoms with van der Waals surface area (Å²) in [5.41, 5.74) is 2.53. The highest BCUT2D eigenvalue weighted by Crippen LogP contribution is 2.36. The van der Waals surface area contributed by atoms with E-state index in [9.17, 15) is 14.9 Å². The predicted octanol–water partition coefficient (Wildman–Crippen LogP) is 4.51. The molecule has 4 rings (SSSR count). The number of hydrogen-bond acceptors (Lipinski definition) is 8. The van der Waals surface area contributed by atoms with Crippen molar-refractivity contribution in [3.05, 3.63) is 93.0 Å². The molecule has 0 saturated carbocycles. The van der Waals surface area contributed by atoms with Crippen LogP contribution < -0.4 is 14.2 Å². The molecule has 3 aromatic rings. The van der Waals surface area contributed by atoms with Crippen molar-refractivity contribution in [3.8, 4) is 17.2 Å². The molecular weight excluding hydrogens is 478 g/mol. The third-order valence-corrected chi connectivity index (χ3v) is 5.73. The van der Waals surface area contributed by atoms with Crippen LogP contribution in [0, 0.1) is 10.1 Å². The number of esters is 1. The van der Waals surface area contributed by atoms with E-state index < -0.39 is 10.9 Å². The summed E-state index contributed by atoms with van der Waals surface area (Å²) in [4.78, 5) is 23.5. The number of benzene rings is 3. The molecule has 37 heavy (non-hydrogen) atoms. The molecule has 1 aliphatic heterocycles. The van der Waals surface area contributed by atoms with E-state index in [-0.39, 0.29) is 18.5 Å². The first-order chi connectivity index (χ1) is 18.0. The number of para-hydroxylation sites is 2. The van der Waals surface area contributed by atoms with Crippen molar-refractivity contribution in [2.24, 2.45) is 0 Å². The molecule has 0 radical (unpaired) electrons. The van der Waals surface area contributed by atoms with Crippen LogP contribution in [0.2, 0.25) is 0 Å². The number of carbonyl (C=O) groups is 1. The van der Waals surface area contributed by atoms with Gasteiger partial charge in [0.2, 0.25) is 0 Å². The monoisotopic (exact) mass is 507 g/mol. The molecule has 0 fully saturated rings. The van der Waals surface area contributed by atoms with Crippen molar-refractivity contribution in [1.82, 2.24) is 0 Å². The maximum absolute atomic E-state index is 12.1. The standard InChI is InChI=1S/C28H29NO8/c1-20(30)37-28-23-16-21-6-2-4-8-26(21)35-14-12-33-10-11-34-13-15-36-27-9-5-3-7-22(27)17-24(28)19-25(18-23)29(31)32/h2-9,18-19H,10-17H2,1H3. The number of rotatable bonds is 2.